The van der Waals surface area contributed by atoms with Gasteiger partial charge in [-0.25, -0.2) is 0 Å². The molecule has 0 radical (unpaired) electrons. The van der Waals surface area contributed by atoms with Crippen LogP contribution in [0.1, 0.15) is 19.8 Å². The van der Waals surface area contributed by atoms with Gasteiger partial charge in [-0.15, -0.1) is 0 Å². The average molecular weight is 294 g/mol. The van der Waals surface area contributed by atoms with Gasteiger partial charge in [0.25, 0.3) is 0 Å². The van der Waals surface area contributed by atoms with Crippen LogP contribution in [-0.2, 0) is 9.47 Å². The Morgan fingerprint density at radius 2 is 2.06 bits per heavy atom. The third kappa shape index (κ3) is 3.99. The lowest BCUT2D eigenvalue weighted by Crippen LogP contribution is -2.45. The van der Waals surface area contributed by atoms with Gasteiger partial charge >= 0.3 is 0 Å². The van der Waals surface area contributed by atoms with Gasteiger partial charge in [0, 0.05) is 38.2 Å². The van der Waals surface area contributed by atoms with E-state index in [0.29, 0.717) is 11.5 Å². The summed E-state index contributed by atoms with van der Waals surface area (Å²) in [6.07, 6.45) is 2.31. The Kier molecular flexibility index (Phi) is 6.26. The minimum atomic E-state index is 0.384. The summed E-state index contributed by atoms with van der Waals surface area (Å²) in [5.41, 5.74) is 0.384. The minimum absolute atomic E-state index is 0.384. The number of hydrogen-bond acceptors (Lipinski definition) is 3. The molecule has 1 saturated heterocycles. The van der Waals surface area contributed by atoms with Crippen LogP contribution in [0.3, 0.4) is 0 Å². The van der Waals surface area contributed by atoms with Crippen LogP contribution in [0.15, 0.2) is 0 Å². The summed E-state index contributed by atoms with van der Waals surface area (Å²) in [6, 6.07) is 0.476. The standard InChI is InChI=1S/C12H24BrNO2/c1-11(8-15-3)14(2)10-12(9-13)4-6-16-7-5-12/h11H,4-10H2,1-3H3. The molecule has 0 spiro atoms. The molecule has 16 heavy (non-hydrogen) atoms. The molecule has 1 atom stereocenters. The summed E-state index contributed by atoms with van der Waals surface area (Å²) < 4.78 is 10.7. The molecule has 0 aromatic rings. The van der Waals surface area contributed by atoms with Gasteiger partial charge < -0.3 is 14.4 Å². The monoisotopic (exact) mass is 293 g/mol. The van der Waals surface area contributed by atoms with Gasteiger partial charge in [-0.1, -0.05) is 15.9 Å². The van der Waals surface area contributed by atoms with E-state index in [4.69, 9.17) is 9.47 Å². The minimum Gasteiger partial charge on any atom is -0.383 e. The molecular weight excluding hydrogens is 270 g/mol. The second-order valence-corrected chi connectivity index (χ2v) is 5.53. The van der Waals surface area contributed by atoms with Gasteiger partial charge in [0.2, 0.25) is 0 Å². The van der Waals surface area contributed by atoms with Crippen LogP contribution < -0.4 is 0 Å². The fraction of sp³-hybridized carbons (Fsp3) is 1.00. The van der Waals surface area contributed by atoms with Crippen molar-refractivity contribution in [2.24, 2.45) is 5.41 Å². The first-order chi connectivity index (χ1) is 7.63. The Bertz CT molecular complexity index is 195. The number of methoxy groups -OCH3 is 1. The third-order valence-electron chi connectivity index (χ3n) is 3.58. The van der Waals surface area contributed by atoms with Crippen molar-refractivity contribution in [2.45, 2.75) is 25.8 Å². The van der Waals surface area contributed by atoms with Crippen molar-refractivity contribution in [3.63, 3.8) is 0 Å². The highest BCUT2D eigenvalue weighted by Gasteiger charge is 2.33. The summed E-state index contributed by atoms with van der Waals surface area (Å²) in [7, 11) is 3.95. The van der Waals surface area contributed by atoms with Crippen LogP contribution in [0.5, 0.6) is 0 Å². The SMILES string of the molecule is COCC(C)N(C)CC1(CBr)CCOCC1. The fourth-order valence-corrected chi connectivity index (χ4v) is 2.93. The zero-order valence-electron chi connectivity index (χ0n) is 10.7. The number of likely N-dealkylation sites (N-methyl/N-ethyl adjacent to an activating group) is 1. The molecule has 4 heteroatoms. The lowest BCUT2D eigenvalue weighted by atomic mass is 9.81. The second kappa shape index (κ2) is 6.94. The van der Waals surface area contributed by atoms with Gasteiger partial charge in [0.05, 0.1) is 6.61 Å². The lowest BCUT2D eigenvalue weighted by Gasteiger charge is -2.40. The van der Waals surface area contributed by atoms with E-state index >= 15 is 0 Å². The third-order valence-corrected chi connectivity index (χ3v) is 4.77. The van der Waals surface area contributed by atoms with Crippen molar-refractivity contribution in [3.05, 3.63) is 0 Å². The van der Waals surface area contributed by atoms with Crippen molar-refractivity contribution in [1.29, 1.82) is 0 Å². The van der Waals surface area contributed by atoms with Crippen molar-refractivity contribution in [3.8, 4) is 0 Å². The van der Waals surface area contributed by atoms with Gasteiger partial charge in [0.15, 0.2) is 0 Å². The van der Waals surface area contributed by atoms with E-state index < -0.39 is 0 Å². The van der Waals surface area contributed by atoms with Gasteiger partial charge in [-0.3, -0.25) is 0 Å². The largest absolute Gasteiger partial charge is 0.383 e. The molecule has 0 aliphatic carbocycles. The van der Waals surface area contributed by atoms with Crippen LogP contribution in [0.25, 0.3) is 0 Å². The smallest absolute Gasteiger partial charge is 0.0615 e. The Morgan fingerprint density at radius 3 is 2.56 bits per heavy atom. The first-order valence-corrected chi connectivity index (χ1v) is 7.08. The molecule has 1 unspecified atom stereocenters. The molecule has 0 N–H and O–H groups in total. The topological polar surface area (TPSA) is 21.7 Å². The number of halogens is 1. The molecule has 1 aliphatic rings. The maximum absolute atomic E-state index is 5.45. The van der Waals surface area contributed by atoms with Crippen molar-refractivity contribution in [1.82, 2.24) is 4.90 Å². The molecule has 1 heterocycles. The van der Waals surface area contributed by atoms with E-state index in [2.05, 4.69) is 34.8 Å². The number of hydrogen-bond donors (Lipinski definition) is 0. The number of alkyl halides is 1. The van der Waals surface area contributed by atoms with Gasteiger partial charge in [-0.05, 0) is 32.2 Å². The van der Waals surface area contributed by atoms with Crippen LogP contribution in [0.4, 0.5) is 0 Å². The van der Waals surface area contributed by atoms with Crippen LogP contribution in [0, 0.1) is 5.41 Å². The molecule has 1 aliphatic heterocycles. The quantitative estimate of drug-likeness (QED) is 0.701. The Morgan fingerprint density at radius 1 is 1.44 bits per heavy atom. The molecule has 3 nitrogen and oxygen atoms in total. The highest BCUT2D eigenvalue weighted by molar-refractivity contribution is 9.09. The first kappa shape index (κ1) is 14.4. The summed E-state index contributed by atoms with van der Waals surface area (Å²) in [5, 5.41) is 1.06. The molecule has 96 valence electrons. The van der Waals surface area contributed by atoms with Crippen LogP contribution in [-0.4, -0.2) is 56.8 Å². The van der Waals surface area contributed by atoms with E-state index in [1.54, 1.807) is 7.11 Å². The molecular formula is C12H24BrNO2. The number of rotatable bonds is 6. The van der Waals surface area contributed by atoms with Crippen LogP contribution >= 0.6 is 15.9 Å². The second-order valence-electron chi connectivity index (χ2n) is 4.97. The van der Waals surface area contributed by atoms with E-state index in [9.17, 15) is 0 Å². The van der Waals surface area contributed by atoms with E-state index in [1.165, 1.54) is 0 Å². The van der Waals surface area contributed by atoms with Crippen molar-refractivity contribution in [2.75, 3.05) is 45.9 Å². The van der Waals surface area contributed by atoms with Crippen LogP contribution in [0.2, 0.25) is 0 Å². The van der Waals surface area contributed by atoms with Crippen molar-refractivity contribution < 1.29 is 9.47 Å². The number of nitrogens with zero attached hydrogens (tertiary/aromatic N) is 1. The van der Waals surface area contributed by atoms with E-state index in [0.717, 1.165) is 44.5 Å². The molecule has 1 fully saturated rings. The average Bonchev–Trinajstić information content (AvgIpc) is 2.30. The molecule has 0 bridgehead atoms. The number of ether oxygens (including phenoxy) is 2. The molecule has 0 aromatic heterocycles. The zero-order valence-corrected chi connectivity index (χ0v) is 12.3. The van der Waals surface area contributed by atoms with Crippen molar-refractivity contribution >= 4 is 15.9 Å². The molecule has 0 saturated carbocycles. The predicted octanol–water partition coefficient (Wildman–Crippen LogP) is 2.14. The Hall–Kier alpha value is 0.360. The van der Waals surface area contributed by atoms with E-state index in [-0.39, 0.29) is 0 Å². The Balaban J connectivity index is 2.48. The predicted molar refractivity (Wildman–Crippen MR) is 70.2 cm³/mol. The molecule has 0 amide bonds. The zero-order chi connectivity index (χ0) is 12.0. The summed E-state index contributed by atoms with van der Waals surface area (Å²) in [6.45, 7) is 5.93. The Labute approximate surface area is 108 Å². The van der Waals surface area contributed by atoms with E-state index in [1.807, 2.05) is 0 Å². The highest BCUT2D eigenvalue weighted by Crippen LogP contribution is 2.33. The van der Waals surface area contributed by atoms with Gasteiger partial charge in [0.1, 0.15) is 0 Å². The summed E-state index contributed by atoms with van der Waals surface area (Å²) >= 11 is 3.67. The summed E-state index contributed by atoms with van der Waals surface area (Å²) in [5.74, 6) is 0. The normalized spacial score (nSPS) is 22.3. The fourth-order valence-electron chi connectivity index (χ4n) is 2.19. The molecule has 1 rings (SSSR count). The summed E-state index contributed by atoms with van der Waals surface area (Å²) in [4.78, 5) is 2.40. The van der Waals surface area contributed by atoms with Gasteiger partial charge in [-0.2, -0.15) is 0 Å². The maximum Gasteiger partial charge on any atom is 0.0615 e. The lowest BCUT2D eigenvalue weighted by molar-refractivity contribution is 0.000610. The molecule has 0 aromatic carbocycles. The maximum atomic E-state index is 5.45. The first-order valence-electron chi connectivity index (χ1n) is 5.96. The highest BCUT2D eigenvalue weighted by atomic mass is 79.9.